The number of carbonyl (C=O) groups is 1. The molecule has 4 heteroatoms. The Morgan fingerprint density at radius 3 is 2.03 bits per heavy atom. The Hall–Kier alpha value is -2.36. The molecule has 1 heterocycles. The van der Waals surface area contributed by atoms with Crippen LogP contribution in [-0.2, 0) is 17.8 Å². The van der Waals surface area contributed by atoms with E-state index in [1.807, 2.05) is 42.5 Å². The van der Waals surface area contributed by atoms with E-state index in [2.05, 4.69) is 17.2 Å². The predicted molar refractivity (Wildman–Crippen MR) is 133 cm³/mol. The summed E-state index contributed by atoms with van der Waals surface area (Å²) in [5.41, 5.74) is 1.85. The molecule has 0 radical (unpaired) electrons. The van der Waals surface area contributed by atoms with Crippen LogP contribution in [0.4, 0.5) is 0 Å². The lowest BCUT2D eigenvalue weighted by molar-refractivity contribution is -0.120. The maximum atomic E-state index is 12.1. The minimum Gasteiger partial charge on any atom is -0.494 e. The first-order chi connectivity index (χ1) is 15.8. The second-order valence-electron chi connectivity index (χ2n) is 8.66. The van der Waals surface area contributed by atoms with Crippen molar-refractivity contribution in [2.75, 3.05) is 6.61 Å². The first-order valence-electron chi connectivity index (χ1n) is 12.7. The van der Waals surface area contributed by atoms with Gasteiger partial charge in [0.25, 0.3) is 0 Å². The zero-order chi connectivity index (χ0) is 22.7. The van der Waals surface area contributed by atoms with Crippen molar-refractivity contribution < 1.29 is 9.53 Å². The number of pyridine rings is 1. The zero-order valence-electron chi connectivity index (χ0n) is 20.0. The zero-order valence-corrected chi connectivity index (χ0v) is 20.0. The summed E-state index contributed by atoms with van der Waals surface area (Å²) in [5.74, 6) is 0.881. The van der Waals surface area contributed by atoms with Gasteiger partial charge >= 0.3 is 0 Å². The van der Waals surface area contributed by atoms with Gasteiger partial charge in [-0.05, 0) is 36.2 Å². The number of hydrogen-bond acceptors (Lipinski definition) is 3. The highest BCUT2D eigenvalue weighted by atomic mass is 16.5. The van der Waals surface area contributed by atoms with Crippen LogP contribution < -0.4 is 10.1 Å². The van der Waals surface area contributed by atoms with Crippen molar-refractivity contribution in [1.82, 2.24) is 10.3 Å². The van der Waals surface area contributed by atoms with Crippen molar-refractivity contribution in [3.63, 3.8) is 0 Å². The van der Waals surface area contributed by atoms with Gasteiger partial charge in [0.05, 0.1) is 25.3 Å². The van der Waals surface area contributed by atoms with Gasteiger partial charge in [0, 0.05) is 6.20 Å². The fourth-order valence-corrected chi connectivity index (χ4v) is 3.78. The number of nitrogens with one attached hydrogen (secondary N) is 1. The molecule has 1 N–H and O–H groups in total. The monoisotopic (exact) mass is 438 g/mol. The van der Waals surface area contributed by atoms with E-state index in [-0.39, 0.29) is 5.91 Å². The Labute approximate surface area is 195 Å². The summed E-state index contributed by atoms with van der Waals surface area (Å²) < 4.78 is 5.85. The predicted octanol–water partition coefficient (Wildman–Crippen LogP) is 7.02. The van der Waals surface area contributed by atoms with E-state index in [0.717, 1.165) is 30.0 Å². The van der Waals surface area contributed by atoms with Crippen LogP contribution in [0, 0.1) is 0 Å². The van der Waals surface area contributed by atoms with Crippen LogP contribution in [0.5, 0.6) is 5.75 Å². The normalized spacial score (nSPS) is 10.8. The highest BCUT2D eigenvalue weighted by Crippen LogP contribution is 2.15. The molecule has 0 unspecified atom stereocenters. The fourth-order valence-electron chi connectivity index (χ4n) is 3.78. The van der Waals surface area contributed by atoms with E-state index in [0.29, 0.717) is 13.0 Å². The average molecular weight is 439 g/mol. The van der Waals surface area contributed by atoms with Crippen LogP contribution in [-0.4, -0.2) is 17.5 Å². The van der Waals surface area contributed by atoms with Crippen LogP contribution in [0.3, 0.4) is 0 Å². The molecule has 4 nitrogen and oxygen atoms in total. The van der Waals surface area contributed by atoms with Gasteiger partial charge in [0.15, 0.2) is 0 Å². The molecular formula is C28H42N2O2. The Kier molecular flexibility index (Phi) is 13.9. The Balaban J connectivity index is 1.45. The number of hydrogen-bond donors (Lipinski definition) is 1. The molecule has 1 amide bonds. The minimum absolute atomic E-state index is 0.000754. The number of amides is 1. The van der Waals surface area contributed by atoms with Crippen molar-refractivity contribution in [3.8, 4) is 5.75 Å². The molecule has 0 fully saturated rings. The third kappa shape index (κ3) is 12.5. The van der Waals surface area contributed by atoms with Crippen molar-refractivity contribution in [2.24, 2.45) is 0 Å². The van der Waals surface area contributed by atoms with Crippen molar-refractivity contribution >= 4 is 5.91 Å². The van der Waals surface area contributed by atoms with Crippen molar-refractivity contribution in [2.45, 2.75) is 96.9 Å². The number of unbranched alkanes of at least 4 members (excludes halogenated alkanes) is 11. The molecule has 0 bridgehead atoms. The molecule has 0 aliphatic rings. The quantitative estimate of drug-likeness (QED) is 0.254. The molecular weight excluding hydrogens is 396 g/mol. The summed E-state index contributed by atoms with van der Waals surface area (Å²) in [4.78, 5) is 16.3. The topological polar surface area (TPSA) is 51.2 Å². The van der Waals surface area contributed by atoms with Gasteiger partial charge in [-0.3, -0.25) is 9.78 Å². The number of aromatic nitrogens is 1. The number of carbonyl (C=O) groups excluding carboxylic acids is 1. The number of rotatable bonds is 18. The van der Waals surface area contributed by atoms with E-state index >= 15 is 0 Å². The first-order valence-corrected chi connectivity index (χ1v) is 12.7. The summed E-state index contributed by atoms with van der Waals surface area (Å²) >= 11 is 0. The number of nitrogens with zero attached hydrogens (tertiary/aromatic N) is 1. The maximum Gasteiger partial charge on any atom is 0.224 e. The van der Waals surface area contributed by atoms with Crippen molar-refractivity contribution in [1.29, 1.82) is 0 Å². The van der Waals surface area contributed by atoms with Gasteiger partial charge < -0.3 is 10.1 Å². The Bertz CT molecular complexity index is 716. The Morgan fingerprint density at radius 2 is 1.44 bits per heavy atom. The Morgan fingerprint density at radius 1 is 0.812 bits per heavy atom. The van der Waals surface area contributed by atoms with Crippen LogP contribution in [0.2, 0.25) is 0 Å². The number of ether oxygens (including phenoxy) is 1. The molecule has 2 rings (SSSR count). The molecule has 0 aliphatic carbocycles. The van der Waals surface area contributed by atoms with Gasteiger partial charge in [-0.2, -0.15) is 0 Å². The molecule has 0 atom stereocenters. The molecule has 32 heavy (non-hydrogen) atoms. The highest BCUT2D eigenvalue weighted by molar-refractivity contribution is 5.78. The third-order valence-corrected chi connectivity index (χ3v) is 5.75. The second-order valence-corrected chi connectivity index (χ2v) is 8.66. The SMILES string of the molecule is CCCCCCCCCCCCCCOc1ccc(CC(=O)NCc2ccccn2)cc1. The van der Waals surface area contributed by atoms with Crippen LogP contribution in [0.25, 0.3) is 0 Å². The van der Waals surface area contributed by atoms with Crippen LogP contribution in [0.15, 0.2) is 48.7 Å². The van der Waals surface area contributed by atoms with E-state index in [4.69, 9.17) is 4.74 Å². The lowest BCUT2D eigenvalue weighted by Gasteiger charge is -2.08. The summed E-state index contributed by atoms with van der Waals surface area (Å²) in [6, 6.07) is 13.6. The van der Waals surface area contributed by atoms with Gasteiger partial charge in [-0.25, -0.2) is 0 Å². The summed E-state index contributed by atoms with van der Waals surface area (Å²) in [5, 5.41) is 2.91. The summed E-state index contributed by atoms with van der Waals surface area (Å²) in [6.45, 7) is 3.50. The second kappa shape index (κ2) is 17.2. The van der Waals surface area contributed by atoms with Gasteiger partial charge in [-0.15, -0.1) is 0 Å². The van der Waals surface area contributed by atoms with Crippen LogP contribution in [0.1, 0.15) is 95.2 Å². The van der Waals surface area contributed by atoms with E-state index in [1.54, 1.807) is 6.20 Å². The van der Waals surface area contributed by atoms with E-state index in [1.165, 1.54) is 70.6 Å². The molecule has 1 aromatic carbocycles. The molecule has 2 aromatic rings. The lowest BCUT2D eigenvalue weighted by atomic mass is 10.1. The van der Waals surface area contributed by atoms with Gasteiger partial charge in [0.1, 0.15) is 5.75 Å². The third-order valence-electron chi connectivity index (χ3n) is 5.75. The average Bonchev–Trinajstić information content (AvgIpc) is 2.82. The molecule has 0 saturated heterocycles. The van der Waals surface area contributed by atoms with E-state index < -0.39 is 0 Å². The number of benzene rings is 1. The van der Waals surface area contributed by atoms with Crippen LogP contribution >= 0.6 is 0 Å². The maximum absolute atomic E-state index is 12.1. The molecule has 176 valence electrons. The first kappa shape index (κ1) is 25.9. The molecule has 0 spiro atoms. The van der Waals surface area contributed by atoms with Gasteiger partial charge in [-0.1, -0.05) is 95.8 Å². The largest absolute Gasteiger partial charge is 0.494 e. The minimum atomic E-state index is 0.000754. The van der Waals surface area contributed by atoms with E-state index in [9.17, 15) is 4.79 Å². The molecule has 1 aromatic heterocycles. The highest BCUT2D eigenvalue weighted by Gasteiger charge is 2.04. The molecule has 0 aliphatic heterocycles. The summed E-state index contributed by atoms with van der Waals surface area (Å²) in [7, 11) is 0. The van der Waals surface area contributed by atoms with Gasteiger partial charge in [0.2, 0.25) is 5.91 Å². The summed E-state index contributed by atoms with van der Waals surface area (Å²) in [6.07, 6.45) is 18.3. The lowest BCUT2D eigenvalue weighted by Crippen LogP contribution is -2.24. The molecule has 0 saturated carbocycles. The fraction of sp³-hybridized carbons (Fsp3) is 0.571. The smallest absolute Gasteiger partial charge is 0.224 e. The standard InChI is InChI=1S/C28H42N2O2/c1-2-3-4-5-6-7-8-9-10-11-12-15-22-32-27-19-17-25(18-20-27)23-28(31)30-24-26-16-13-14-21-29-26/h13-14,16-21H,2-12,15,22-24H2,1H3,(H,30,31). The van der Waals surface area contributed by atoms with Crippen molar-refractivity contribution in [3.05, 3.63) is 59.9 Å².